The van der Waals surface area contributed by atoms with Crippen LogP contribution in [-0.2, 0) is 11.3 Å². The molecule has 0 spiro atoms. The molecule has 0 aliphatic carbocycles. The maximum atomic E-state index is 12.3. The topological polar surface area (TPSA) is 112 Å². The highest BCUT2D eigenvalue weighted by atomic mass is 32.2. The Kier molecular flexibility index (Phi) is 7.47. The molecule has 9 nitrogen and oxygen atoms in total. The number of thioether (sulfide) groups is 1. The van der Waals surface area contributed by atoms with Gasteiger partial charge in [-0.25, -0.2) is 0 Å². The van der Waals surface area contributed by atoms with E-state index in [4.69, 9.17) is 4.74 Å². The molecule has 32 heavy (non-hydrogen) atoms. The van der Waals surface area contributed by atoms with Crippen molar-refractivity contribution in [2.45, 2.75) is 45.5 Å². The van der Waals surface area contributed by atoms with Gasteiger partial charge in [0.2, 0.25) is 5.91 Å². The van der Waals surface area contributed by atoms with Crippen LogP contribution in [0.3, 0.4) is 0 Å². The minimum atomic E-state index is -0.485. The zero-order valence-corrected chi connectivity index (χ0v) is 19.2. The molecule has 0 bridgehead atoms. The van der Waals surface area contributed by atoms with E-state index in [9.17, 15) is 14.9 Å². The lowest BCUT2D eigenvalue weighted by molar-refractivity contribution is -0.384. The number of hydrogen-bond donors (Lipinski definition) is 1. The van der Waals surface area contributed by atoms with Crippen molar-refractivity contribution in [3.8, 4) is 5.75 Å². The molecule has 0 aliphatic heterocycles. The number of nitro benzene ring substituents is 1. The fraction of sp³-hybridized carbons (Fsp3) is 0.318. The molecule has 1 amide bonds. The first-order chi connectivity index (χ1) is 15.3. The van der Waals surface area contributed by atoms with E-state index in [-0.39, 0.29) is 23.5 Å². The van der Waals surface area contributed by atoms with Crippen molar-refractivity contribution >= 4 is 29.0 Å². The Hall–Kier alpha value is -3.40. The van der Waals surface area contributed by atoms with Crippen molar-refractivity contribution in [3.63, 3.8) is 0 Å². The van der Waals surface area contributed by atoms with Crippen LogP contribution in [0.4, 0.5) is 11.4 Å². The molecule has 168 valence electrons. The summed E-state index contributed by atoms with van der Waals surface area (Å²) in [5.41, 5.74) is 2.71. The van der Waals surface area contributed by atoms with Crippen LogP contribution in [0.15, 0.2) is 47.6 Å². The third-order valence-electron chi connectivity index (χ3n) is 4.63. The van der Waals surface area contributed by atoms with Crippen LogP contribution < -0.4 is 10.1 Å². The number of carbonyl (C=O) groups is 1. The summed E-state index contributed by atoms with van der Waals surface area (Å²) in [6, 6.07) is 11.7. The Labute approximate surface area is 190 Å². The second-order valence-corrected chi connectivity index (χ2v) is 8.25. The number of rotatable bonds is 9. The predicted octanol–water partition coefficient (Wildman–Crippen LogP) is 4.69. The number of amides is 1. The van der Waals surface area contributed by atoms with Crippen molar-refractivity contribution < 1.29 is 14.5 Å². The summed E-state index contributed by atoms with van der Waals surface area (Å²) in [7, 11) is 0. The minimum Gasteiger partial charge on any atom is -0.483 e. The van der Waals surface area contributed by atoms with Crippen molar-refractivity contribution in [1.29, 1.82) is 0 Å². The van der Waals surface area contributed by atoms with Crippen LogP contribution in [0.2, 0.25) is 0 Å². The number of ether oxygens (including phenoxy) is 1. The van der Waals surface area contributed by atoms with Crippen LogP contribution in [0.1, 0.15) is 36.9 Å². The monoisotopic (exact) mass is 455 g/mol. The third-order valence-corrected chi connectivity index (χ3v) is 5.59. The quantitative estimate of drug-likeness (QED) is 0.283. The van der Waals surface area contributed by atoms with E-state index in [2.05, 4.69) is 21.6 Å². The number of anilines is 1. The van der Waals surface area contributed by atoms with Gasteiger partial charge >= 0.3 is 0 Å². The number of aromatic nitrogens is 3. The van der Waals surface area contributed by atoms with E-state index in [0.717, 1.165) is 16.9 Å². The molecule has 1 unspecified atom stereocenters. The molecule has 3 aromatic rings. The summed E-state index contributed by atoms with van der Waals surface area (Å²) in [4.78, 5) is 22.5. The summed E-state index contributed by atoms with van der Waals surface area (Å²) in [5.74, 6) is 1.35. The van der Waals surface area contributed by atoms with Gasteiger partial charge in [-0.3, -0.25) is 14.9 Å². The lowest BCUT2D eigenvalue weighted by Gasteiger charge is -2.16. The average molecular weight is 456 g/mol. The number of hydrogen-bond acceptors (Lipinski definition) is 7. The Morgan fingerprint density at radius 1 is 1.19 bits per heavy atom. The molecule has 0 saturated carbocycles. The number of aryl methyl sites for hydroxylation is 2. The molecule has 0 saturated heterocycles. The van der Waals surface area contributed by atoms with Gasteiger partial charge in [-0.1, -0.05) is 17.8 Å². The number of nitro groups is 1. The van der Waals surface area contributed by atoms with E-state index in [1.807, 2.05) is 44.4 Å². The van der Waals surface area contributed by atoms with E-state index < -0.39 is 4.92 Å². The van der Waals surface area contributed by atoms with Gasteiger partial charge in [-0.2, -0.15) is 0 Å². The lowest BCUT2D eigenvalue weighted by atomic mass is 10.1. The maximum Gasteiger partial charge on any atom is 0.269 e. The highest BCUT2D eigenvalue weighted by Crippen LogP contribution is 2.26. The molecule has 0 fully saturated rings. The Morgan fingerprint density at radius 3 is 2.44 bits per heavy atom. The summed E-state index contributed by atoms with van der Waals surface area (Å²) < 4.78 is 8.02. The number of nitrogens with one attached hydrogen (secondary N) is 1. The van der Waals surface area contributed by atoms with Gasteiger partial charge in [0.05, 0.1) is 10.7 Å². The maximum absolute atomic E-state index is 12.3. The second-order valence-electron chi connectivity index (χ2n) is 7.31. The number of non-ortho nitro benzene ring substituents is 1. The summed E-state index contributed by atoms with van der Waals surface area (Å²) >= 11 is 1.27. The molecule has 0 aliphatic rings. The summed E-state index contributed by atoms with van der Waals surface area (Å²) in [5, 5.41) is 22.6. The van der Waals surface area contributed by atoms with Gasteiger partial charge in [-0.05, 0) is 63.1 Å². The Balaban J connectivity index is 1.62. The number of nitrogens with zero attached hydrogens (tertiary/aromatic N) is 4. The van der Waals surface area contributed by atoms with Crippen LogP contribution in [0, 0.1) is 24.0 Å². The first-order valence-corrected chi connectivity index (χ1v) is 11.1. The molecule has 10 heteroatoms. The van der Waals surface area contributed by atoms with Crippen LogP contribution in [0.25, 0.3) is 0 Å². The highest BCUT2D eigenvalue weighted by Gasteiger charge is 2.20. The van der Waals surface area contributed by atoms with Gasteiger partial charge in [0.1, 0.15) is 5.75 Å². The molecule has 1 aromatic heterocycles. The standard InChI is InChI=1S/C22H25N5O4S/c1-5-26-21(16(4)31-19-11-14(2)10-15(3)12-19)24-25-22(26)32-13-20(28)23-17-6-8-18(9-7-17)27(29)30/h6-12,16H,5,13H2,1-4H3,(H,23,28). The smallest absolute Gasteiger partial charge is 0.269 e. The van der Waals surface area contributed by atoms with E-state index in [0.29, 0.717) is 23.2 Å². The summed E-state index contributed by atoms with van der Waals surface area (Å²) in [6.45, 7) is 8.58. The summed E-state index contributed by atoms with van der Waals surface area (Å²) in [6.07, 6.45) is -0.313. The SMILES string of the molecule is CCn1c(SCC(=O)Nc2ccc([N+](=O)[O-])cc2)nnc1C(C)Oc1cc(C)cc(C)c1. The average Bonchev–Trinajstić information content (AvgIpc) is 3.15. The van der Waals surface area contributed by atoms with Gasteiger partial charge < -0.3 is 14.6 Å². The second kappa shape index (κ2) is 10.3. The first kappa shape index (κ1) is 23.3. The van der Waals surface area contributed by atoms with Gasteiger partial charge in [0, 0.05) is 24.4 Å². The molecule has 1 atom stereocenters. The molecule has 0 radical (unpaired) electrons. The third kappa shape index (κ3) is 5.85. The van der Waals surface area contributed by atoms with Gasteiger partial charge in [0.25, 0.3) is 5.69 Å². The van der Waals surface area contributed by atoms with Crippen LogP contribution >= 0.6 is 11.8 Å². The molecule has 1 N–H and O–H groups in total. The van der Waals surface area contributed by atoms with Crippen molar-refractivity contribution in [1.82, 2.24) is 14.8 Å². The predicted molar refractivity (Wildman–Crippen MR) is 123 cm³/mol. The Morgan fingerprint density at radius 2 is 1.84 bits per heavy atom. The molecular weight excluding hydrogens is 430 g/mol. The van der Waals surface area contributed by atoms with Crippen molar-refractivity contribution in [3.05, 3.63) is 69.5 Å². The zero-order valence-electron chi connectivity index (χ0n) is 18.4. The number of benzene rings is 2. The largest absolute Gasteiger partial charge is 0.483 e. The van der Waals surface area contributed by atoms with Gasteiger partial charge in [-0.15, -0.1) is 10.2 Å². The van der Waals surface area contributed by atoms with Crippen LogP contribution in [0.5, 0.6) is 5.75 Å². The van der Waals surface area contributed by atoms with E-state index in [1.165, 1.54) is 36.0 Å². The zero-order chi connectivity index (χ0) is 23.3. The molecule has 2 aromatic carbocycles. The van der Waals surface area contributed by atoms with Crippen molar-refractivity contribution in [2.75, 3.05) is 11.1 Å². The fourth-order valence-electron chi connectivity index (χ4n) is 3.26. The van der Waals surface area contributed by atoms with E-state index >= 15 is 0 Å². The van der Waals surface area contributed by atoms with Crippen molar-refractivity contribution in [2.24, 2.45) is 0 Å². The lowest BCUT2D eigenvalue weighted by Crippen LogP contribution is -2.15. The Bertz CT molecular complexity index is 1090. The highest BCUT2D eigenvalue weighted by molar-refractivity contribution is 7.99. The van der Waals surface area contributed by atoms with E-state index in [1.54, 1.807) is 0 Å². The minimum absolute atomic E-state index is 0.0295. The molecule has 1 heterocycles. The molecular formula is C22H25N5O4S. The normalized spacial score (nSPS) is 11.8. The number of carbonyl (C=O) groups excluding carboxylic acids is 1. The first-order valence-electron chi connectivity index (χ1n) is 10.1. The molecule has 3 rings (SSSR count). The fourth-order valence-corrected chi connectivity index (χ4v) is 4.07. The van der Waals surface area contributed by atoms with Gasteiger partial charge in [0.15, 0.2) is 17.1 Å². The van der Waals surface area contributed by atoms with Crippen LogP contribution in [-0.4, -0.2) is 31.3 Å².